The number of amides is 1. The first-order chi connectivity index (χ1) is 16.9. The van der Waals surface area contributed by atoms with Gasteiger partial charge in [0.1, 0.15) is 0 Å². The molecule has 7 nitrogen and oxygen atoms in total. The average Bonchev–Trinajstić information content (AvgIpc) is 3.23. The van der Waals surface area contributed by atoms with Crippen molar-refractivity contribution in [2.24, 2.45) is 5.73 Å². The molecule has 2 aromatic carbocycles. The standard InChI is InChI=1S/C27H36N4O3S/c28-22-18-26-27(32)30(17-15-23(31(26)19-22)14-13-21-8-3-1-4-9-21)24-10-7-16-29(20-24)35(33,34)25-11-5-2-6-12-25/h1-6,8-9,11-12,22-24,26H,7,10,13-20,28H2/t22-,23?,24-,26+/m1/s1. The highest BCUT2D eigenvalue weighted by Gasteiger charge is 2.45. The number of hydrogen-bond acceptors (Lipinski definition) is 5. The summed E-state index contributed by atoms with van der Waals surface area (Å²) in [6, 6.07) is 19.1. The van der Waals surface area contributed by atoms with Gasteiger partial charge in [0.25, 0.3) is 0 Å². The Hall–Kier alpha value is -2.26. The Labute approximate surface area is 208 Å². The monoisotopic (exact) mass is 496 g/mol. The SMILES string of the molecule is N[C@@H]1C[C@H]2C(=O)N([C@@H]3CCCN(S(=O)(=O)c4ccccc4)C3)CCC(CCc3ccccc3)N2C1. The molecular formula is C27H36N4O3S. The topological polar surface area (TPSA) is 87.0 Å². The Balaban J connectivity index is 1.32. The van der Waals surface area contributed by atoms with Crippen molar-refractivity contribution in [1.29, 1.82) is 0 Å². The van der Waals surface area contributed by atoms with E-state index >= 15 is 0 Å². The first kappa shape index (κ1) is 24.4. The second-order valence-corrected chi connectivity index (χ2v) is 12.1. The Bertz CT molecular complexity index is 1110. The number of benzene rings is 2. The number of nitrogens with two attached hydrogens (primary N) is 1. The molecule has 0 aromatic heterocycles. The summed E-state index contributed by atoms with van der Waals surface area (Å²) in [7, 11) is -3.57. The van der Waals surface area contributed by atoms with Crippen LogP contribution in [0, 0.1) is 0 Å². The van der Waals surface area contributed by atoms with Gasteiger partial charge in [0.15, 0.2) is 0 Å². The number of piperidine rings is 1. The van der Waals surface area contributed by atoms with Crippen LogP contribution in [-0.4, -0.2) is 78.8 Å². The van der Waals surface area contributed by atoms with E-state index in [0.29, 0.717) is 37.0 Å². The Morgan fingerprint density at radius 2 is 1.63 bits per heavy atom. The van der Waals surface area contributed by atoms with Crippen LogP contribution < -0.4 is 5.73 Å². The molecule has 1 unspecified atom stereocenters. The molecule has 35 heavy (non-hydrogen) atoms. The molecule has 0 spiro atoms. The van der Waals surface area contributed by atoms with E-state index < -0.39 is 10.0 Å². The van der Waals surface area contributed by atoms with E-state index in [1.807, 2.05) is 17.0 Å². The molecule has 2 N–H and O–H groups in total. The summed E-state index contributed by atoms with van der Waals surface area (Å²) in [5, 5.41) is 0. The lowest BCUT2D eigenvalue weighted by atomic mass is 10.0. The van der Waals surface area contributed by atoms with Crippen LogP contribution >= 0.6 is 0 Å². The van der Waals surface area contributed by atoms with Crippen molar-refractivity contribution < 1.29 is 13.2 Å². The highest BCUT2D eigenvalue weighted by Crippen LogP contribution is 2.32. The Morgan fingerprint density at radius 3 is 2.37 bits per heavy atom. The fourth-order valence-electron chi connectivity index (χ4n) is 6.08. The van der Waals surface area contributed by atoms with Crippen molar-refractivity contribution in [3.05, 3.63) is 66.2 Å². The molecular weight excluding hydrogens is 460 g/mol. The number of aryl methyl sites for hydroxylation is 1. The molecule has 8 heteroatoms. The number of carbonyl (C=O) groups is 1. The van der Waals surface area contributed by atoms with E-state index in [1.54, 1.807) is 28.6 Å². The zero-order valence-corrected chi connectivity index (χ0v) is 21.0. The molecule has 5 rings (SSSR count). The van der Waals surface area contributed by atoms with Gasteiger partial charge in [-0.05, 0) is 56.2 Å². The van der Waals surface area contributed by atoms with Crippen LogP contribution in [0.5, 0.6) is 0 Å². The fraction of sp³-hybridized carbons (Fsp3) is 0.519. The minimum absolute atomic E-state index is 0.00411. The molecule has 0 saturated carbocycles. The second-order valence-electron chi connectivity index (χ2n) is 10.2. The predicted octanol–water partition coefficient (Wildman–Crippen LogP) is 2.48. The van der Waals surface area contributed by atoms with Crippen LogP contribution in [0.4, 0.5) is 0 Å². The minimum atomic E-state index is -3.57. The maximum Gasteiger partial charge on any atom is 0.243 e. The van der Waals surface area contributed by atoms with Gasteiger partial charge in [0.05, 0.1) is 10.9 Å². The summed E-state index contributed by atoms with van der Waals surface area (Å²) in [4.78, 5) is 18.4. The Morgan fingerprint density at radius 1 is 0.914 bits per heavy atom. The van der Waals surface area contributed by atoms with Crippen LogP contribution in [-0.2, 0) is 21.2 Å². The molecule has 0 radical (unpaired) electrons. The third-order valence-corrected chi connectivity index (χ3v) is 9.78. The lowest BCUT2D eigenvalue weighted by Crippen LogP contribution is -2.54. The van der Waals surface area contributed by atoms with Gasteiger partial charge in [0, 0.05) is 44.3 Å². The Kier molecular flexibility index (Phi) is 7.25. The molecule has 2 aromatic rings. The minimum Gasteiger partial charge on any atom is -0.337 e. The van der Waals surface area contributed by atoms with Crippen molar-refractivity contribution in [1.82, 2.24) is 14.1 Å². The summed E-state index contributed by atoms with van der Waals surface area (Å²) in [5.74, 6) is 0.129. The van der Waals surface area contributed by atoms with E-state index in [4.69, 9.17) is 5.73 Å². The first-order valence-electron chi connectivity index (χ1n) is 12.8. The van der Waals surface area contributed by atoms with E-state index in [2.05, 4.69) is 29.2 Å². The number of hydrogen-bond donors (Lipinski definition) is 1. The van der Waals surface area contributed by atoms with E-state index in [-0.39, 0.29) is 24.0 Å². The molecule has 3 fully saturated rings. The van der Waals surface area contributed by atoms with Crippen molar-refractivity contribution in [3.63, 3.8) is 0 Å². The quantitative estimate of drug-likeness (QED) is 0.664. The number of carbonyl (C=O) groups excluding carboxylic acids is 1. The molecule has 188 valence electrons. The van der Waals surface area contributed by atoms with Gasteiger partial charge < -0.3 is 10.6 Å². The smallest absolute Gasteiger partial charge is 0.243 e. The molecule has 3 aliphatic rings. The summed E-state index contributed by atoms with van der Waals surface area (Å²) in [6.07, 6.45) is 5.13. The highest BCUT2D eigenvalue weighted by molar-refractivity contribution is 7.89. The van der Waals surface area contributed by atoms with E-state index in [0.717, 1.165) is 38.6 Å². The largest absolute Gasteiger partial charge is 0.337 e. The predicted molar refractivity (Wildman–Crippen MR) is 136 cm³/mol. The van der Waals surface area contributed by atoms with Gasteiger partial charge in [-0.3, -0.25) is 9.69 Å². The summed E-state index contributed by atoms with van der Waals surface area (Å²) in [6.45, 7) is 2.28. The van der Waals surface area contributed by atoms with Gasteiger partial charge in [-0.15, -0.1) is 0 Å². The first-order valence-corrected chi connectivity index (χ1v) is 14.3. The lowest BCUT2D eigenvalue weighted by Gasteiger charge is -2.39. The van der Waals surface area contributed by atoms with Crippen LogP contribution in [0.3, 0.4) is 0 Å². The summed E-state index contributed by atoms with van der Waals surface area (Å²) in [5.41, 5.74) is 7.66. The van der Waals surface area contributed by atoms with Crippen LogP contribution in [0.25, 0.3) is 0 Å². The maximum absolute atomic E-state index is 13.8. The molecule has 1 amide bonds. The van der Waals surface area contributed by atoms with Gasteiger partial charge in [-0.1, -0.05) is 48.5 Å². The second kappa shape index (κ2) is 10.4. The average molecular weight is 497 g/mol. The molecule has 3 heterocycles. The van der Waals surface area contributed by atoms with Gasteiger partial charge >= 0.3 is 0 Å². The highest BCUT2D eigenvalue weighted by atomic mass is 32.2. The zero-order valence-electron chi connectivity index (χ0n) is 20.2. The zero-order chi connectivity index (χ0) is 24.4. The maximum atomic E-state index is 13.8. The van der Waals surface area contributed by atoms with E-state index in [1.165, 1.54) is 5.56 Å². The third kappa shape index (κ3) is 5.16. The van der Waals surface area contributed by atoms with Crippen LogP contribution in [0.15, 0.2) is 65.6 Å². The van der Waals surface area contributed by atoms with Crippen molar-refractivity contribution in [2.75, 3.05) is 26.2 Å². The molecule has 4 atom stereocenters. The number of sulfonamides is 1. The van der Waals surface area contributed by atoms with Gasteiger partial charge in [0.2, 0.25) is 15.9 Å². The summed E-state index contributed by atoms with van der Waals surface area (Å²) < 4.78 is 28.1. The molecule has 0 aliphatic carbocycles. The third-order valence-electron chi connectivity index (χ3n) is 7.90. The van der Waals surface area contributed by atoms with E-state index in [9.17, 15) is 13.2 Å². The number of nitrogens with zero attached hydrogens (tertiary/aromatic N) is 3. The molecule has 3 saturated heterocycles. The van der Waals surface area contributed by atoms with Crippen LogP contribution in [0.1, 0.15) is 37.7 Å². The van der Waals surface area contributed by atoms with Crippen molar-refractivity contribution in [3.8, 4) is 0 Å². The number of fused-ring (bicyclic) bond motifs is 1. The number of rotatable bonds is 6. The van der Waals surface area contributed by atoms with Crippen molar-refractivity contribution in [2.45, 2.75) is 67.6 Å². The summed E-state index contributed by atoms with van der Waals surface area (Å²) >= 11 is 0. The van der Waals surface area contributed by atoms with Crippen LogP contribution in [0.2, 0.25) is 0 Å². The molecule has 3 aliphatic heterocycles. The van der Waals surface area contributed by atoms with Gasteiger partial charge in [-0.25, -0.2) is 8.42 Å². The fourth-order valence-corrected chi connectivity index (χ4v) is 7.62. The normalized spacial score (nSPS) is 28.6. The molecule has 0 bridgehead atoms. The van der Waals surface area contributed by atoms with Gasteiger partial charge in [-0.2, -0.15) is 4.31 Å². The van der Waals surface area contributed by atoms with Crippen molar-refractivity contribution >= 4 is 15.9 Å². The lowest BCUT2D eigenvalue weighted by molar-refractivity contribution is -0.137.